The van der Waals surface area contributed by atoms with Gasteiger partial charge in [0.15, 0.2) is 5.65 Å². The van der Waals surface area contributed by atoms with Crippen molar-refractivity contribution in [1.82, 2.24) is 19.5 Å². The Morgan fingerprint density at radius 1 is 1.35 bits per heavy atom. The van der Waals surface area contributed by atoms with Crippen LogP contribution in [0.25, 0.3) is 16.8 Å². The van der Waals surface area contributed by atoms with Gasteiger partial charge in [0.05, 0.1) is 6.20 Å². The molecule has 0 aliphatic heterocycles. The Balaban J connectivity index is 1.91. The van der Waals surface area contributed by atoms with Crippen LogP contribution < -0.4 is 5.32 Å². The number of anilines is 1. The molecule has 0 aliphatic carbocycles. The van der Waals surface area contributed by atoms with E-state index >= 15 is 0 Å². The van der Waals surface area contributed by atoms with E-state index in [9.17, 15) is 0 Å². The largest absolute Gasteiger partial charge is 0.369 e. The summed E-state index contributed by atoms with van der Waals surface area (Å²) in [4.78, 5) is 6.60. The lowest BCUT2D eigenvalue weighted by atomic mass is 10.2. The molecule has 0 atom stereocenters. The monoisotopic (exact) mass is 287 g/mol. The Kier molecular flexibility index (Phi) is 3.66. The summed E-state index contributed by atoms with van der Waals surface area (Å²) >= 11 is 1.68. The van der Waals surface area contributed by atoms with Crippen molar-refractivity contribution < 1.29 is 0 Å². The summed E-state index contributed by atoms with van der Waals surface area (Å²) in [6.07, 6.45) is 3.70. The molecule has 0 saturated heterocycles. The third-order valence-corrected chi connectivity index (χ3v) is 3.78. The van der Waals surface area contributed by atoms with E-state index in [-0.39, 0.29) is 0 Å². The summed E-state index contributed by atoms with van der Waals surface area (Å²) in [7, 11) is 4.12. The van der Waals surface area contributed by atoms with E-state index in [1.54, 1.807) is 11.3 Å². The van der Waals surface area contributed by atoms with Crippen molar-refractivity contribution in [3.63, 3.8) is 0 Å². The van der Waals surface area contributed by atoms with Gasteiger partial charge in [-0.1, -0.05) is 0 Å². The summed E-state index contributed by atoms with van der Waals surface area (Å²) in [5.41, 5.74) is 3.13. The maximum Gasteiger partial charge on any atom is 0.165 e. The molecule has 0 aromatic carbocycles. The lowest BCUT2D eigenvalue weighted by Gasteiger charge is -2.12. The molecular weight excluding hydrogens is 270 g/mol. The molecule has 0 bridgehead atoms. The maximum absolute atomic E-state index is 4.46. The average molecular weight is 287 g/mol. The normalized spacial score (nSPS) is 11.3. The summed E-state index contributed by atoms with van der Waals surface area (Å²) in [5.74, 6) is 0.971. The third kappa shape index (κ3) is 2.52. The van der Waals surface area contributed by atoms with Crippen LogP contribution in [0.1, 0.15) is 0 Å². The lowest BCUT2D eigenvalue weighted by molar-refractivity contribution is 0.425. The Hall–Kier alpha value is -1.92. The average Bonchev–Trinajstić information content (AvgIpc) is 3.07. The van der Waals surface area contributed by atoms with Gasteiger partial charge in [0.2, 0.25) is 0 Å². The van der Waals surface area contributed by atoms with Gasteiger partial charge >= 0.3 is 0 Å². The van der Waals surface area contributed by atoms with Crippen LogP contribution in [-0.4, -0.2) is 46.7 Å². The number of aromatic nitrogens is 3. The summed E-state index contributed by atoms with van der Waals surface area (Å²) in [6, 6.07) is 4.04. The Morgan fingerprint density at radius 2 is 2.25 bits per heavy atom. The predicted molar refractivity (Wildman–Crippen MR) is 83.3 cm³/mol. The van der Waals surface area contributed by atoms with E-state index in [4.69, 9.17) is 0 Å². The highest BCUT2D eigenvalue weighted by atomic mass is 32.1. The van der Waals surface area contributed by atoms with E-state index in [0.29, 0.717) is 0 Å². The summed E-state index contributed by atoms with van der Waals surface area (Å²) in [6.45, 7) is 1.85. The highest BCUT2D eigenvalue weighted by Gasteiger charge is 2.10. The van der Waals surface area contributed by atoms with Crippen LogP contribution in [-0.2, 0) is 0 Å². The van der Waals surface area contributed by atoms with Gasteiger partial charge in [-0.2, -0.15) is 21.0 Å². The third-order valence-electron chi connectivity index (χ3n) is 3.10. The molecule has 0 spiro atoms. The Morgan fingerprint density at radius 3 is 3.00 bits per heavy atom. The first-order valence-electron chi connectivity index (χ1n) is 6.49. The van der Waals surface area contributed by atoms with Crippen molar-refractivity contribution in [2.75, 3.05) is 32.5 Å². The molecule has 3 rings (SSSR count). The summed E-state index contributed by atoms with van der Waals surface area (Å²) < 4.78 is 1.86. The number of fused-ring (bicyclic) bond motifs is 1. The van der Waals surface area contributed by atoms with Crippen LogP contribution >= 0.6 is 11.3 Å². The first-order chi connectivity index (χ1) is 9.75. The number of rotatable bonds is 5. The van der Waals surface area contributed by atoms with Crippen molar-refractivity contribution in [2.24, 2.45) is 0 Å². The maximum atomic E-state index is 4.46. The van der Waals surface area contributed by atoms with Crippen molar-refractivity contribution in [2.45, 2.75) is 0 Å². The molecule has 0 fully saturated rings. The quantitative estimate of drug-likeness (QED) is 0.783. The molecule has 104 valence electrons. The zero-order chi connectivity index (χ0) is 13.9. The highest BCUT2D eigenvalue weighted by Crippen LogP contribution is 2.26. The number of hydrogen-bond acceptors (Lipinski definition) is 5. The molecule has 3 aromatic rings. The van der Waals surface area contributed by atoms with Gasteiger partial charge < -0.3 is 10.2 Å². The molecule has 6 heteroatoms. The van der Waals surface area contributed by atoms with Gasteiger partial charge in [-0.25, -0.2) is 4.98 Å². The van der Waals surface area contributed by atoms with Gasteiger partial charge in [0, 0.05) is 24.8 Å². The van der Waals surface area contributed by atoms with Crippen molar-refractivity contribution >= 4 is 22.8 Å². The minimum Gasteiger partial charge on any atom is -0.369 e. The van der Waals surface area contributed by atoms with Gasteiger partial charge in [-0.05, 0) is 42.6 Å². The standard InChI is InChI=1S/C14H17N5S/c1-18(2)7-6-15-13-3-5-16-14-12(9-17-19(13)14)11-4-8-20-10-11/h3-5,8-10,15H,6-7H2,1-2H3. The molecule has 3 aromatic heterocycles. The number of thiophene rings is 1. The van der Waals surface area contributed by atoms with Gasteiger partial charge in [-0.15, -0.1) is 0 Å². The number of hydrogen-bond donors (Lipinski definition) is 1. The van der Waals surface area contributed by atoms with E-state index < -0.39 is 0 Å². The van der Waals surface area contributed by atoms with Crippen LogP contribution in [0.15, 0.2) is 35.3 Å². The van der Waals surface area contributed by atoms with Gasteiger partial charge in [-0.3, -0.25) is 0 Å². The first-order valence-corrected chi connectivity index (χ1v) is 7.44. The molecule has 20 heavy (non-hydrogen) atoms. The van der Waals surface area contributed by atoms with Crippen LogP contribution in [0.3, 0.4) is 0 Å². The fourth-order valence-corrected chi connectivity index (χ4v) is 2.71. The second-order valence-electron chi connectivity index (χ2n) is 4.87. The SMILES string of the molecule is CN(C)CCNc1ccnc2c(-c3ccsc3)cnn12. The zero-order valence-electron chi connectivity index (χ0n) is 11.6. The zero-order valence-corrected chi connectivity index (χ0v) is 12.4. The van der Waals surface area contributed by atoms with E-state index in [2.05, 4.69) is 51.2 Å². The van der Waals surface area contributed by atoms with Crippen LogP contribution in [0.5, 0.6) is 0 Å². The number of nitrogens with one attached hydrogen (secondary N) is 1. The second kappa shape index (κ2) is 5.60. The molecular formula is C14H17N5S. The molecule has 0 radical (unpaired) electrons. The van der Waals surface area contributed by atoms with Crippen molar-refractivity contribution in [3.8, 4) is 11.1 Å². The predicted octanol–water partition coefficient (Wildman–Crippen LogP) is 2.43. The molecule has 1 N–H and O–H groups in total. The fraction of sp³-hybridized carbons (Fsp3) is 0.286. The lowest BCUT2D eigenvalue weighted by Crippen LogP contribution is -2.21. The number of likely N-dealkylation sites (N-methyl/N-ethyl adjacent to an activating group) is 1. The molecule has 3 heterocycles. The van der Waals surface area contributed by atoms with E-state index in [1.807, 2.05) is 23.0 Å². The summed E-state index contributed by atoms with van der Waals surface area (Å²) in [5, 5.41) is 12.0. The van der Waals surface area contributed by atoms with Crippen LogP contribution in [0.2, 0.25) is 0 Å². The van der Waals surface area contributed by atoms with Crippen LogP contribution in [0, 0.1) is 0 Å². The minimum atomic E-state index is 0.875. The first kappa shape index (κ1) is 13.1. The van der Waals surface area contributed by atoms with Gasteiger partial charge in [0.25, 0.3) is 0 Å². The highest BCUT2D eigenvalue weighted by molar-refractivity contribution is 7.08. The fourth-order valence-electron chi connectivity index (χ4n) is 2.05. The Labute approximate surface area is 121 Å². The van der Waals surface area contributed by atoms with E-state index in [0.717, 1.165) is 30.1 Å². The Bertz CT molecular complexity index is 687. The van der Waals surface area contributed by atoms with Crippen LogP contribution in [0.4, 0.5) is 5.82 Å². The molecule has 0 unspecified atom stereocenters. The second-order valence-corrected chi connectivity index (χ2v) is 5.65. The van der Waals surface area contributed by atoms with E-state index in [1.165, 1.54) is 5.56 Å². The minimum absolute atomic E-state index is 0.875. The molecule has 0 amide bonds. The van der Waals surface area contributed by atoms with Crippen molar-refractivity contribution in [1.29, 1.82) is 0 Å². The van der Waals surface area contributed by atoms with Gasteiger partial charge in [0.1, 0.15) is 5.82 Å². The number of nitrogens with zero attached hydrogens (tertiary/aromatic N) is 4. The molecule has 0 saturated carbocycles. The topological polar surface area (TPSA) is 45.5 Å². The molecule has 5 nitrogen and oxygen atoms in total. The van der Waals surface area contributed by atoms with Crippen molar-refractivity contribution in [3.05, 3.63) is 35.3 Å². The smallest absolute Gasteiger partial charge is 0.165 e. The molecule has 0 aliphatic rings.